The third-order valence-corrected chi connectivity index (χ3v) is 3.62. The van der Waals surface area contributed by atoms with Crippen LogP contribution in [0.1, 0.15) is 6.42 Å². The summed E-state index contributed by atoms with van der Waals surface area (Å²) < 4.78 is 71.2. The molecule has 11 heteroatoms. The number of halogens is 3. The summed E-state index contributed by atoms with van der Waals surface area (Å²) in [5, 5.41) is 2.49. The van der Waals surface area contributed by atoms with Gasteiger partial charge < -0.3 is 19.5 Å². The number of hydrogen-bond donors (Lipinski definition) is 2. The molecule has 0 aliphatic carbocycles. The van der Waals surface area contributed by atoms with E-state index in [-0.39, 0.29) is 13.0 Å². The molecule has 0 aromatic heterocycles. The quantitative estimate of drug-likeness (QED) is 0.626. The predicted molar refractivity (Wildman–Crippen MR) is 77.6 cm³/mol. The number of amides is 1. The molecule has 0 bridgehead atoms. The minimum absolute atomic E-state index is 0.0136. The van der Waals surface area contributed by atoms with Gasteiger partial charge in [0.25, 0.3) is 5.91 Å². The molecule has 0 fully saturated rings. The van der Waals surface area contributed by atoms with Crippen LogP contribution in [0.15, 0.2) is 24.3 Å². The zero-order chi connectivity index (χ0) is 18.4. The van der Waals surface area contributed by atoms with Crippen molar-refractivity contribution in [3.8, 4) is 5.75 Å². The first kappa shape index (κ1) is 20.2. The highest BCUT2D eigenvalue weighted by atomic mass is 32.2. The van der Waals surface area contributed by atoms with E-state index in [0.717, 1.165) is 12.1 Å². The van der Waals surface area contributed by atoms with Crippen LogP contribution >= 0.6 is 0 Å². The molecular weight excluding hydrogens is 353 g/mol. The Labute approximate surface area is 137 Å². The van der Waals surface area contributed by atoms with E-state index >= 15 is 0 Å². The molecule has 1 aromatic carbocycles. The Balaban J connectivity index is 2.41. The first-order chi connectivity index (χ1) is 10.9. The van der Waals surface area contributed by atoms with Crippen molar-refractivity contribution in [3.63, 3.8) is 0 Å². The number of alkyl halides is 3. The normalized spacial score (nSPS) is 13.4. The van der Waals surface area contributed by atoms with Crippen molar-refractivity contribution in [1.29, 1.82) is 0 Å². The van der Waals surface area contributed by atoms with E-state index in [0.29, 0.717) is 17.1 Å². The maximum atomic E-state index is 12.0. The van der Waals surface area contributed by atoms with Crippen molar-refractivity contribution in [2.24, 2.45) is 0 Å². The molecule has 1 amide bonds. The summed E-state index contributed by atoms with van der Waals surface area (Å²) in [5.41, 5.74) is 0.296. The van der Waals surface area contributed by atoms with Crippen LogP contribution in [0.2, 0.25) is 0 Å². The van der Waals surface area contributed by atoms with Gasteiger partial charge in [0.15, 0.2) is 6.54 Å². The summed E-state index contributed by atoms with van der Waals surface area (Å²) in [6, 6.07) is 4.66. The second-order valence-electron chi connectivity index (χ2n) is 5.12. The van der Waals surface area contributed by atoms with E-state index in [1.807, 2.05) is 0 Å². The van der Waals surface area contributed by atoms with E-state index in [2.05, 4.69) is 10.1 Å². The SMILES string of the molecule is C[NH+](CCCS(=O)(=O)[O-])CC(=O)Nc1ccc(OC(F)(F)F)cc1. The summed E-state index contributed by atoms with van der Waals surface area (Å²) >= 11 is 0. The lowest BCUT2D eigenvalue weighted by atomic mass is 10.3. The van der Waals surface area contributed by atoms with Gasteiger partial charge in [0.05, 0.1) is 23.7 Å². The molecule has 0 saturated carbocycles. The Hall–Kier alpha value is -1.85. The Kier molecular flexibility index (Phi) is 6.99. The highest BCUT2D eigenvalue weighted by Crippen LogP contribution is 2.23. The fourth-order valence-electron chi connectivity index (χ4n) is 1.86. The average Bonchev–Trinajstić information content (AvgIpc) is 2.37. The number of carbonyl (C=O) groups is 1. The average molecular weight is 370 g/mol. The number of anilines is 1. The van der Waals surface area contributed by atoms with E-state index in [4.69, 9.17) is 0 Å². The number of nitrogens with one attached hydrogen (secondary N) is 2. The zero-order valence-electron chi connectivity index (χ0n) is 12.7. The van der Waals surface area contributed by atoms with E-state index < -0.39 is 33.9 Å². The smallest absolute Gasteiger partial charge is 0.573 e. The molecule has 7 nitrogen and oxygen atoms in total. The Morgan fingerprint density at radius 2 is 1.88 bits per heavy atom. The van der Waals surface area contributed by atoms with Gasteiger partial charge in [0.2, 0.25) is 0 Å². The van der Waals surface area contributed by atoms with Gasteiger partial charge in [0, 0.05) is 17.9 Å². The summed E-state index contributed by atoms with van der Waals surface area (Å²) in [6.45, 7) is 0.326. The summed E-state index contributed by atoms with van der Waals surface area (Å²) in [5.74, 6) is -1.30. The third-order valence-electron chi connectivity index (χ3n) is 2.83. The zero-order valence-corrected chi connectivity index (χ0v) is 13.5. The first-order valence-corrected chi connectivity index (χ1v) is 8.43. The van der Waals surface area contributed by atoms with Crippen LogP contribution in [0, 0.1) is 0 Å². The van der Waals surface area contributed by atoms with Crippen molar-refractivity contribution >= 4 is 21.7 Å². The van der Waals surface area contributed by atoms with E-state index in [9.17, 15) is 30.9 Å². The Bertz CT molecular complexity index is 647. The molecule has 1 unspecified atom stereocenters. The van der Waals surface area contributed by atoms with Gasteiger partial charge >= 0.3 is 6.36 Å². The van der Waals surface area contributed by atoms with Gasteiger partial charge in [0.1, 0.15) is 5.75 Å². The van der Waals surface area contributed by atoms with Crippen LogP contribution in [0.25, 0.3) is 0 Å². The van der Waals surface area contributed by atoms with Crippen LogP contribution in [-0.4, -0.2) is 51.1 Å². The topological polar surface area (TPSA) is 100.0 Å². The van der Waals surface area contributed by atoms with Gasteiger partial charge in [-0.05, 0) is 24.3 Å². The number of benzene rings is 1. The van der Waals surface area contributed by atoms with Crippen molar-refractivity contribution in [1.82, 2.24) is 0 Å². The van der Waals surface area contributed by atoms with Crippen LogP contribution in [0.5, 0.6) is 5.75 Å². The number of ether oxygens (including phenoxy) is 1. The molecule has 0 heterocycles. The van der Waals surface area contributed by atoms with Gasteiger partial charge in [-0.15, -0.1) is 13.2 Å². The fourth-order valence-corrected chi connectivity index (χ4v) is 2.36. The van der Waals surface area contributed by atoms with Gasteiger partial charge in [-0.1, -0.05) is 0 Å². The summed E-state index contributed by atoms with van der Waals surface area (Å²) in [7, 11) is -2.62. The molecule has 0 aliphatic rings. The van der Waals surface area contributed by atoms with Crippen molar-refractivity contribution in [2.45, 2.75) is 12.8 Å². The van der Waals surface area contributed by atoms with Crippen LogP contribution in [0.4, 0.5) is 18.9 Å². The van der Waals surface area contributed by atoms with Crippen LogP contribution < -0.4 is 15.0 Å². The lowest BCUT2D eigenvalue weighted by molar-refractivity contribution is -0.870. The highest BCUT2D eigenvalue weighted by Gasteiger charge is 2.30. The lowest BCUT2D eigenvalue weighted by Gasteiger charge is -2.14. The minimum Gasteiger partial charge on any atom is -0.748 e. The molecule has 1 atom stereocenters. The number of rotatable bonds is 8. The van der Waals surface area contributed by atoms with Gasteiger partial charge in [-0.25, -0.2) is 8.42 Å². The number of carbonyl (C=O) groups excluding carboxylic acids is 1. The molecule has 1 aromatic rings. The monoisotopic (exact) mass is 370 g/mol. The van der Waals surface area contributed by atoms with Crippen molar-refractivity contribution in [2.75, 3.05) is 31.2 Å². The highest BCUT2D eigenvalue weighted by molar-refractivity contribution is 7.85. The molecular formula is C13H17F3N2O5S. The summed E-state index contributed by atoms with van der Waals surface area (Å²) in [4.78, 5) is 12.5. The maximum Gasteiger partial charge on any atom is 0.573 e. The lowest BCUT2D eigenvalue weighted by Crippen LogP contribution is -3.10. The Morgan fingerprint density at radius 3 is 2.38 bits per heavy atom. The van der Waals surface area contributed by atoms with E-state index in [1.165, 1.54) is 12.1 Å². The second-order valence-corrected chi connectivity index (χ2v) is 6.64. The van der Waals surface area contributed by atoms with Gasteiger partial charge in [-0.2, -0.15) is 0 Å². The molecule has 2 N–H and O–H groups in total. The largest absolute Gasteiger partial charge is 0.748 e. The number of likely N-dealkylation sites (N-methyl/N-ethyl adjacent to an activating group) is 1. The van der Waals surface area contributed by atoms with E-state index in [1.54, 1.807) is 7.05 Å². The second kappa shape index (κ2) is 8.31. The molecule has 136 valence electrons. The molecule has 24 heavy (non-hydrogen) atoms. The molecule has 0 aliphatic heterocycles. The molecule has 1 rings (SSSR count). The summed E-state index contributed by atoms with van der Waals surface area (Å²) in [6.07, 6.45) is -4.65. The maximum absolute atomic E-state index is 12.0. The number of quaternary nitrogens is 1. The van der Waals surface area contributed by atoms with Gasteiger partial charge in [-0.3, -0.25) is 4.79 Å². The molecule has 0 saturated heterocycles. The standard InChI is InChI=1S/C13H17F3N2O5S/c1-18(7-2-8-24(20,21)22)9-12(19)17-10-3-5-11(6-4-10)23-13(14,15)16/h3-6H,2,7-9H2,1H3,(H,17,19)(H,20,21,22). The van der Waals surface area contributed by atoms with Crippen LogP contribution in [0.3, 0.4) is 0 Å². The minimum atomic E-state index is -4.78. The van der Waals surface area contributed by atoms with Crippen LogP contribution in [-0.2, 0) is 14.9 Å². The van der Waals surface area contributed by atoms with Crippen molar-refractivity contribution in [3.05, 3.63) is 24.3 Å². The first-order valence-electron chi connectivity index (χ1n) is 6.85. The molecule has 0 spiro atoms. The third kappa shape index (κ3) is 9.33. The van der Waals surface area contributed by atoms with Crippen molar-refractivity contribution < 1.29 is 40.6 Å². The fraction of sp³-hybridized carbons (Fsp3) is 0.462. The predicted octanol–water partition coefficient (Wildman–Crippen LogP) is -0.0263. The molecule has 0 radical (unpaired) electrons. The number of hydrogen-bond acceptors (Lipinski definition) is 5. The Morgan fingerprint density at radius 1 is 1.29 bits per heavy atom.